The molecular weight excluding hydrogens is 252 g/mol. The Morgan fingerprint density at radius 3 is 2.45 bits per heavy atom. The summed E-state index contributed by atoms with van der Waals surface area (Å²) < 4.78 is 5.15. The number of methoxy groups -OCH3 is 1. The zero-order valence-corrected chi connectivity index (χ0v) is 13.4. The van der Waals surface area contributed by atoms with Crippen molar-refractivity contribution in [2.45, 2.75) is 40.5 Å². The maximum absolute atomic E-state index is 5.15. The molecule has 0 spiro atoms. The molecule has 1 rings (SSSR count). The monoisotopic (exact) mass is 280 g/mol. The minimum Gasteiger partial charge on any atom is -0.385 e. The number of aromatic nitrogens is 2. The van der Waals surface area contributed by atoms with Crippen LogP contribution in [0.4, 0.5) is 11.6 Å². The van der Waals surface area contributed by atoms with E-state index in [1.54, 1.807) is 13.4 Å². The van der Waals surface area contributed by atoms with E-state index in [0.717, 1.165) is 49.7 Å². The molecule has 0 fully saturated rings. The van der Waals surface area contributed by atoms with Crippen molar-refractivity contribution >= 4 is 11.6 Å². The third-order valence-electron chi connectivity index (χ3n) is 3.34. The number of hydrogen-bond acceptors (Lipinski definition) is 5. The van der Waals surface area contributed by atoms with E-state index in [-0.39, 0.29) is 5.41 Å². The molecule has 0 saturated heterocycles. The van der Waals surface area contributed by atoms with E-state index < -0.39 is 0 Å². The summed E-state index contributed by atoms with van der Waals surface area (Å²) in [5.74, 6) is 1.82. The summed E-state index contributed by atoms with van der Waals surface area (Å²) in [6.07, 6.45) is 3.70. The average molecular weight is 280 g/mol. The van der Waals surface area contributed by atoms with E-state index in [4.69, 9.17) is 4.74 Å². The second-order valence-corrected chi connectivity index (χ2v) is 5.88. The summed E-state index contributed by atoms with van der Waals surface area (Å²) in [5, 5.41) is 6.76. The second kappa shape index (κ2) is 8.04. The first-order valence-electron chi connectivity index (χ1n) is 7.28. The highest BCUT2D eigenvalue weighted by atomic mass is 16.5. The van der Waals surface area contributed by atoms with E-state index in [2.05, 4.69) is 41.4 Å². The lowest BCUT2D eigenvalue weighted by atomic mass is 9.90. The highest BCUT2D eigenvalue weighted by Gasteiger charge is 2.18. The molecule has 1 heterocycles. The topological polar surface area (TPSA) is 59.1 Å². The lowest BCUT2D eigenvalue weighted by Crippen LogP contribution is -2.25. The molecule has 0 aromatic carbocycles. The van der Waals surface area contributed by atoms with E-state index in [1.165, 1.54) is 0 Å². The highest BCUT2D eigenvalue weighted by molar-refractivity contribution is 5.56. The Balaban J connectivity index is 2.63. The number of nitrogens with zero attached hydrogens (tertiary/aromatic N) is 2. The van der Waals surface area contributed by atoms with E-state index in [0.29, 0.717) is 0 Å². The maximum atomic E-state index is 5.15. The molecule has 5 nitrogen and oxygen atoms in total. The molecule has 2 N–H and O–H groups in total. The largest absolute Gasteiger partial charge is 0.385 e. The van der Waals surface area contributed by atoms with Crippen molar-refractivity contribution in [1.82, 2.24) is 9.97 Å². The third kappa shape index (κ3) is 5.33. The van der Waals surface area contributed by atoms with Crippen LogP contribution in [0.3, 0.4) is 0 Å². The van der Waals surface area contributed by atoms with Crippen molar-refractivity contribution in [2.75, 3.05) is 37.4 Å². The van der Waals surface area contributed by atoms with Gasteiger partial charge in [0.05, 0.1) is 0 Å². The molecule has 20 heavy (non-hydrogen) atoms. The van der Waals surface area contributed by atoms with Crippen LogP contribution in [0.15, 0.2) is 6.33 Å². The summed E-state index contributed by atoms with van der Waals surface area (Å²) >= 11 is 0. The van der Waals surface area contributed by atoms with Gasteiger partial charge in [0.15, 0.2) is 0 Å². The minimum absolute atomic E-state index is 0.171. The zero-order valence-electron chi connectivity index (χ0n) is 13.4. The molecule has 0 aliphatic carbocycles. The number of hydrogen-bond donors (Lipinski definition) is 2. The average Bonchev–Trinajstić information content (AvgIpc) is 2.43. The Bertz CT molecular complexity index is 407. The van der Waals surface area contributed by atoms with Gasteiger partial charge in [-0.3, -0.25) is 0 Å². The number of nitrogens with one attached hydrogen (secondary N) is 2. The zero-order chi connectivity index (χ0) is 15.0. The smallest absolute Gasteiger partial charge is 0.134 e. The predicted octanol–water partition coefficient (Wildman–Crippen LogP) is 3.08. The van der Waals surface area contributed by atoms with Gasteiger partial charge in [0.25, 0.3) is 0 Å². The number of anilines is 2. The van der Waals surface area contributed by atoms with Gasteiger partial charge in [-0.1, -0.05) is 20.8 Å². The Morgan fingerprint density at radius 2 is 1.85 bits per heavy atom. The molecule has 0 unspecified atom stereocenters. The first-order valence-corrected chi connectivity index (χ1v) is 7.28. The summed E-state index contributed by atoms with van der Waals surface area (Å²) in [6, 6.07) is 0. The summed E-state index contributed by atoms with van der Waals surface area (Å²) in [7, 11) is 1.74. The maximum Gasteiger partial charge on any atom is 0.134 e. The van der Waals surface area contributed by atoms with Gasteiger partial charge in [0.1, 0.15) is 18.0 Å². The fourth-order valence-corrected chi connectivity index (χ4v) is 1.84. The molecule has 0 saturated carbocycles. The van der Waals surface area contributed by atoms with Crippen molar-refractivity contribution in [3.05, 3.63) is 11.9 Å². The van der Waals surface area contributed by atoms with Gasteiger partial charge in [0.2, 0.25) is 0 Å². The second-order valence-electron chi connectivity index (χ2n) is 5.88. The fourth-order valence-electron chi connectivity index (χ4n) is 1.84. The van der Waals surface area contributed by atoms with E-state index in [9.17, 15) is 0 Å². The van der Waals surface area contributed by atoms with Crippen molar-refractivity contribution in [2.24, 2.45) is 5.41 Å². The van der Waals surface area contributed by atoms with Crippen LogP contribution < -0.4 is 10.6 Å². The molecule has 0 atom stereocenters. The Labute approximate surface area is 122 Å². The van der Waals surface area contributed by atoms with Gasteiger partial charge < -0.3 is 15.4 Å². The van der Waals surface area contributed by atoms with Crippen LogP contribution in [0.1, 0.15) is 39.2 Å². The number of rotatable bonds is 9. The van der Waals surface area contributed by atoms with Crippen LogP contribution in [-0.4, -0.2) is 36.8 Å². The minimum atomic E-state index is 0.171. The Morgan fingerprint density at radius 1 is 1.20 bits per heavy atom. The van der Waals surface area contributed by atoms with Crippen LogP contribution in [0.2, 0.25) is 0 Å². The molecule has 0 amide bonds. The predicted molar refractivity (Wildman–Crippen MR) is 84.3 cm³/mol. The van der Waals surface area contributed by atoms with Gasteiger partial charge in [-0.05, 0) is 25.2 Å². The van der Waals surface area contributed by atoms with Crippen molar-refractivity contribution in [3.8, 4) is 0 Å². The van der Waals surface area contributed by atoms with Crippen LogP contribution in [0.5, 0.6) is 0 Å². The van der Waals surface area contributed by atoms with Crippen LogP contribution >= 0.6 is 0 Å². The summed E-state index contributed by atoms with van der Waals surface area (Å²) in [4.78, 5) is 8.63. The third-order valence-corrected chi connectivity index (χ3v) is 3.34. The first kappa shape index (κ1) is 16.7. The lowest BCUT2D eigenvalue weighted by Gasteiger charge is -2.25. The molecule has 1 aromatic rings. The molecular formula is C15H28N4O. The van der Waals surface area contributed by atoms with Crippen LogP contribution in [-0.2, 0) is 4.74 Å². The summed E-state index contributed by atoms with van der Waals surface area (Å²) in [6.45, 7) is 11.2. The standard InChI is InChI=1S/C15H28N4O/c1-6-8-16-13-12(2)14(19-11-18-13)17-10-15(3,4)7-9-20-5/h11H,6-10H2,1-5H3,(H2,16,17,18,19). The van der Waals surface area contributed by atoms with Gasteiger partial charge >= 0.3 is 0 Å². The van der Waals surface area contributed by atoms with Gasteiger partial charge in [-0.15, -0.1) is 0 Å². The molecule has 0 aliphatic rings. The van der Waals surface area contributed by atoms with Crippen molar-refractivity contribution < 1.29 is 4.74 Å². The van der Waals surface area contributed by atoms with Gasteiger partial charge in [-0.25, -0.2) is 9.97 Å². The Kier molecular flexibility index (Phi) is 6.71. The number of ether oxygens (including phenoxy) is 1. The first-order chi connectivity index (χ1) is 9.50. The SMILES string of the molecule is CCCNc1ncnc(NCC(C)(C)CCOC)c1C. The van der Waals surface area contributed by atoms with Gasteiger partial charge in [0, 0.05) is 32.4 Å². The molecule has 5 heteroatoms. The molecule has 1 aromatic heterocycles. The fraction of sp³-hybridized carbons (Fsp3) is 0.733. The Hall–Kier alpha value is -1.36. The molecule has 114 valence electrons. The van der Waals surface area contributed by atoms with Crippen molar-refractivity contribution in [1.29, 1.82) is 0 Å². The van der Waals surface area contributed by atoms with E-state index >= 15 is 0 Å². The van der Waals surface area contributed by atoms with Crippen LogP contribution in [0.25, 0.3) is 0 Å². The molecule has 0 radical (unpaired) electrons. The van der Waals surface area contributed by atoms with Crippen LogP contribution in [0, 0.1) is 12.3 Å². The highest BCUT2D eigenvalue weighted by Crippen LogP contribution is 2.23. The quantitative estimate of drug-likeness (QED) is 0.728. The summed E-state index contributed by atoms with van der Waals surface area (Å²) in [5.41, 5.74) is 1.24. The van der Waals surface area contributed by atoms with Gasteiger partial charge in [-0.2, -0.15) is 0 Å². The molecule has 0 aliphatic heterocycles. The lowest BCUT2D eigenvalue weighted by molar-refractivity contribution is 0.157. The molecule has 0 bridgehead atoms. The van der Waals surface area contributed by atoms with Crippen molar-refractivity contribution in [3.63, 3.8) is 0 Å². The van der Waals surface area contributed by atoms with E-state index in [1.807, 2.05) is 6.92 Å². The normalized spacial score (nSPS) is 11.4.